The van der Waals surface area contributed by atoms with Gasteiger partial charge in [0.25, 0.3) is 5.91 Å². The molecule has 0 saturated heterocycles. The Labute approximate surface area is 151 Å². The van der Waals surface area contributed by atoms with E-state index in [1.807, 2.05) is 0 Å². The van der Waals surface area contributed by atoms with Gasteiger partial charge in [-0.05, 0) is 6.07 Å². The average Bonchev–Trinajstić information content (AvgIpc) is 3.26. The number of aromatic hydroxyl groups is 2. The lowest BCUT2D eigenvalue weighted by Crippen LogP contribution is -2.36. The highest BCUT2D eigenvalue weighted by Crippen LogP contribution is 2.39. The molecule has 0 bridgehead atoms. The van der Waals surface area contributed by atoms with Crippen LogP contribution in [-0.2, 0) is 13.0 Å². The number of carbonyl (C=O) groups is 1. The average molecular weight is 377 g/mol. The number of hydrogen-bond donors (Lipinski definition) is 3. The molecule has 128 valence electrons. The van der Waals surface area contributed by atoms with Gasteiger partial charge in [0.05, 0.1) is 17.1 Å². The van der Waals surface area contributed by atoms with Gasteiger partial charge in [0.1, 0.15) is 22.9 Å². The van der Waals surface area contributed by atoms with E-state index in [0.717, 1.165) is 11.3 Å². The van der Waals surface area contributed by atoms with E-state index in [9.17, 15) is 15.0 Å². The number of nitrogens with zero attached hydrogens (tertiary/aromatic N) is 3. The van der Waals surface area contributed by atoms with Crippen molar-refractivity contribution in [3.8, 4) is 22.8 Å². The first kappa shape index (κ1) is 15.9. The number of amides is 1. The number of aromatic nitrogens is 3. The van der Waals surface area contributed by atoms with Crippen LogP contribution in [0.25, 0.3) is 11.3 Å². The highest BCUT2D eigenvalue weighted by molar-refractivity contribution is 7.07. The number of phenolic OH excluding ortho intramolecular Hbond substituents is 2. The standard InChI is InChI=1S/C16H13ClN4O3S/c17-10-3-8(13(22)4-14(10)23)15-9-5-21(2-1-11(9)19-20-15)16(24)12-6-25-7-18-12/h3-4,6-7,22-23H,1-2,5H2,(H,19,20). The van der Waals surface area contributed by atoms with Gasteiger partial charge in [0.2, 0.25) is 0 Å². The minimum atomic E-state index is -0.201. The van der Waals surface area contributed by atoms with Crippen molar-refractivity contribution >= 4 is 28.8 Å². The number of rotatable bonds is 2. The highest BCUT2D eigenvalue weighted by Gasteiger charge is 2.28. The van der Waals surface area contributed by atoms with E-state index in [4.69, 9.17) is 11.6 Å². The summed E-state index contributed by atoms with van der Waals surface area (Å²) in [5.41, 5.74) is 4.72. The molecule has 1 amide bonds. The van der Waals surface area contributed by atoms with Crippen LogP contribution in [0.2, 0.25) is 5.02 Å². The first-order valence-electron chi connectivity index (χ1n) is 7.50. The van der Waals surface area contributed by atoms with Gasteiger partial charge in [-0.25, -0.2) is 4.98 Å². The van der Waals surface area contributed by atoms with Crippen molar-refractivity contribution in [2.45, 2.75) is 13.0 Å². The summed E-state index contributed by atoms with van der Waals surface area (Å²) in [5.74, 6) is -0.459. The molecule has 7 nitrogen and oxygen atoms in total. The second kappa shape index (κ2) is 6.05. The minimum absolute atomic E-state index is 0.121. The molecule has 0 fully saturated rings. The fourth-order valence-corrected chi connectivity index (χ4v) is 3.60. The van der Waals surface area contributed by atoms with Crippen molar-refractivity contribution in [1.82, 2.24) is 20.1 Å². The Morgan fingerprint density at radius 3 is 2.92 bits per heavy atom. The van der Waals surface area contributed by atoms with Crippen LogP contribution in [0, 0.1) is 0 Å². The van der Waals surface area contributed by atoms with Gasteiger partial charge in [0, 0.05) is 41.2 Å². The third kappa shape index (κ3) is 2.73. The van der Waals surface area contributed by atoms with E-state index in [0.29, 0.717) is 36.5 Å². The quantitative estimate of drug-likeness (QED) is 0.638. The number of fused-ring (bicyclic) bond motifs is 1. The third-order valence-electron chi connectivity index (χ3n) is 4.19. The first-order valence-corrected chi connectivity index (χ1v) is 8.82. The largest absolute Gasteiger partial charge is 0.507 e. The summed E-state index contributed by atoms with van der Waals surface area (Å²) >= 11 is 7.34. The molecule has 2 aromatic heterocycles. The molecule has 3 N–H and O–H groups in total. The predicted octanol–water partition coefficient (Wildman–Crippen LogP) is 2.80. The third-order valence-corrected chi connectivity index (χ3v) is 5.08. The van der Waals surface area contributed by atoms with E-state index in [2.05, 4.69) is 15.2 Å². The molecule has 0 aliphatic carbocycles. The van der Waals surface area contributed by atoms with Crippen LogP contribution in [0.3, 0.4) is 0 Å². The molecule has 3 heterocycles. The lowest BCUT2D eigenvalue weighted by atomic mass is 10.00. The first-order chi connectivity index (χ1) is 12.0. The van der Waals surface area contributed by atoms with E-state index >= 15 is 0 Å². The molecule has 25 heavy (non-hydrogen) atoms. The zero-order valence-electron chi connectivity index (χ0n) is 12.9. The molecule has 1 aromatic carbocycles. The number of nitrogens with one attached hydrogen (secondary N) is 1. The van der Waals surface area contributed by atoms with E-state index in [1.54, 1.807) is 15.8 Å². The van der Waals surface area contributed by atoms with Crippen molar-refractivity contribution in [3.05, 3.63) is 45.0 Å². The summed E-state index contributed by atoms with van der Waals surface area (Å²) in [6.07, 6.45) is 0.630. The Morgan fingerprint density at radius 2 is 2.16 bits per heavy atom. The van der Waals surface area contributed by atoms with E-state index in [1.165, 1.54) is 23.5 Å². The maximum Gasteiger partial charge on any atom is 0.273 e. The number of halogens is 1. The fraction of sp³-hybridized carbons (Fsp3) is 0.188. The molecule has 3 aromatic rings. The van der Waals surface area contributed by atoms with Crippen molar-refractivity contribution < 1.29 is 15.0 Å². The molecule has 0 atom stereocenters. The zero-order valence-corrected chi connectivity index (χ0v) is 14.4. The van der Waals surface area contributed by atoms with Crippen molar-refractivity contribution in [1.29, 1.82) is 0 Å². The van der Waals surface area contributed by atoms with Gasteiger partial charge in [-0.1, -0.05) is 11.6 Å². The second-order valence-electron chi connectivity index (χ2n) is 5.70. The Balaban J connectivity index is 1.70. The van der Waals surface area contributed by atoms with E-state index < -0.39 is 0 Å². The molecule has 0 spiro atoms. The lowest BCUT2D eigenvalue weighted by molar-refractivity contribution is 0.0729. The van der Waals surface area contributed by atoms with Crippen molar-refractivity contribution in [2.75, 3.05) is 6.54 Å². The minimum Gasteiger partial charge on any atom is -0.507 e. The summed E-state index contributed by atoms with van der Waals surface area (Å²) in [5, 5.41) is 28.8. The molecular weight excluding hydrogens is 364 g/mol. The Morgan fingerprint density at radius 1 is 1.32 bits per heavy atom. The van der Waals surface area contributed by atoms with Crippen LogP contribution in [0.4, 0.5) is 0 Å². The van der Waals surface area contributed by atoms with Gasteiger partial charge in [-0.3, -0.25) is 9.89 Å². The number of H-pyrrole nitrogens is 1. The van der Waals surface area contributed by atoms with Crippen LogP contribution in [0.1, 0.15) is 21.7 Å². The summed E-state index contributed by atoms with van der Waals surface area (Å²) in [6, 6.07) is 2.64. The number of benzene rings is 1. The molecule has 4 rings (SSSR count). The van der Waals surface area contributed by atoms with Crippen molar-refractivity contribution in [2.24, 2.45) is 0 Å². The summed E-state index contributed by atoms with van der Waals surface area (Å²) < 4.78 is 0. The molecule has 1 aliphatic rings. The summed E-state index contributed by atoms with van der Waals surface area (Å²) in [6.45, 7) is 0.919. The highest BCUT2D eigenvalue weighted by atomic mass is 35.5. The summed E-state index contributed by atoms with van der Waals surface area (Å²) in [4.78, 5) is 18.3. The van der Waals surface area contributed by atoms with Crippen LogP contribution in [0.5, 0.6) is 11.5 Å². The fourth-order valence-electron chi connectivity index (χ4n) is 2.91. The maximum atomic E-state index is 12.5. The van der Waals surface area contributed by atoms with Crippen LogP contribution < -0.4 is 0 Å². The Hall–Kier alpha value is -2.58. The topological polar surface area (TPSA) is 102 Å². The Kier molecular flexibility index (Phi) is 3.85. The molecule has 1 aliphatic heterocycles. The Bertz CT molecular complexity index is 955. The molecule has 0 saturated carbocycles. The number of hydrogen-bond acceptors (Lipinski definition) is 6. The zero-order chi connectivity index (χ0) is 17.6. The van der Waals surface area contributed by atoms with Gasteiger partial charge in [0.15, 0.2) is 0 Å². The van der Waals surface area contributed by atoms with E-state index in [-0.39, 0.29) is 22.4 Å². The monoisotopic (exact) mass is 376 g/mol. The second-order valence-corrected chi connectivity index (χ2v) is 6.83. The van der Waals surface area contributed by atoms with Gasteiger partial charge in [-0.15, -0.1) is 11.3 Å². The smallest absolute Gasteiger partial charge is 0.273 e. The van der Waals surface area contributed by atoms with Crippen LogP contribution in [-0.4, -0.2) is 42.7 Å². The maximum absolute atomic E-state index is 12.5. The number of carbonyl (C=O) groups excluding carboxylic acids is 1. The van der Waals surface area contributed by atoms with Gasteiger partial charge < -0.3 is 15.1 Å². The SMILES string of the molecule is O=C(c1cscn1)N1CCc2[nH]nc(-c3cc(Cl)c(O)cc3O)c2C1. The molecule has 9 heteroatoms. The summed E-state index contributed by atoms with van der Waals surface area (Å²) in [7, 11) is 0. The van der Waals surface area contributed by atoms with Crippen LogP contribution >= 0.6 is 22.9 Å². The molecule has 0 unspecified atom stereocenters. The van der Waals surface area contributed by atoms with Gasteiger partial charge in [-0.2, -0.15) is 5.10 Å². The predicted molar refractivity (Wildman–Crippen MR) is 92.9 cm³/mol. The molecular formula is C16H13ClN4O3S. The number of thiazole rings is 1. The number of phenols is 2. The van der Waals surface area contributed by atoms with Crippen LogP contribution in [0.15, 0.2) is 23.0 Å². The molecule has 0 radical (unpaired) electrons. The normalized spacial score (nSPS) is 13.7. The number of aromatic amines is 1. The lowest BCUT2D eigenvalue weighted by Gasteiger charge is -2.26. The van der Waals surface area contributed by atoms with Gasteiger partial charge >= 0.3 is 0 Å². The van der Waals surface area contributed by atoms with Crippen molar-refractivity contribution in [3.63, 3.8) is 0 Å².